The molecule has 1 aromatic carbocycles. The van der Waals surface area contributed by atoms with E-state index in [-0.39, 0.29) is 30.5 Å². The van der Waals surface area contributed by atoms with Crippen LogP contribution in [0, 0.1) is 0 Å². The number of ether oxygens (including phenoxy) is 1. The van der Waals surface area contributed by atoms with Crippen molar-refractivity contribution < 1.29 is 9.53 Å². The summed E-state index contributed by atoms with van der Waals surface area (Å²) in [4.78, 5) is 24.3. The molecule has 27 heavy (non-hydrogen) atoms. The third-order valence-electron chi connectivity index (χ3n) is 3.80. The second kappa shape index (κ2) is 9.86. The summed E-state index contributed by atoms with van der Waals surface area (Å²) in [5.74, 6) is -0.136. The maximum atomic E-state index is 12.3. The number of carbonyl (C=O) groups is 1. The van der Waals surface area contributed by atoms with Crippen LogP contribution in [0.25, 0.3) is 5.65 Å². The van der Waals surface area contributed by atoms with E-state index >= 15 is 0 Å². The SMILES string of the molecule is COCCNCC(=O)Nc1cccc(Cn2nc3ccccn3c2=O)c1.Cl. The van der Waals surface area contributed by atoms with Crippen molar-refractivity contribution in [3.63, 3.8) is 0 Å². The normalized spacial score (nSPS) is 10.6. The van der Waals surface area contributed by atoms with Gasteiger partial charge in [-0.05, 0) is 29.8 Å². The predicted molar refractivity (Wildman–Crippen MR) is 106 cm³/mol. The van der Waals surface area contributed by atoms with E-state index in [1.807, 2.05) is 30.3 Å². The van der Waals surface area contributed by atoms with Gasteiger partial charge in [-0.3, -0.25) is 9.20 Å². The number of nitrogens with one attached hydrogen (secondary N) is 2. The number of pyridine rings is 1. The quantitative estimate of drug-likeness (QED) is 0.562. The maximum absolute atomic E-state index is 12.3. The first-order valence-electron chi connectivity index (χ1n) is 8.30. The minimum Gasteiger partial charge on any atom is -0.383 e. The molecule has 0 aliphatic carbocycles. The van der Waals surface area contributed by atoms with Crippen LogP contribution in [0.2, 0.25) is 0 Å². The number of hydrogen-bond donors (Lipinski definition) is 2. The number of nitrogens with zero attached hydrogens (tertiary/aromatic N) is 3. The van der Waals surface area contributed by atoms with E-state index in [0.29, 0.717) is 31.0 Å². The molecule has 0 aliphatic heterocycles. The number of amides is 1. The van der Waals surface area contributed by atoms with Crippen LogP contribution in [-0.2, 0) is 16.1 Å². The average Bonchev–Trinajstić information content (AvgIpc) is 2.95. The number of rotatable bonds is 8. The number of benzene rings is 1. The average molecular weight is 392 g/mol. The summed E-state index contributed by atoms with van der Waals surface area (Å²) >= 11 is 0. The number of methoxy groups -OCH3 is 1. The number of fused-ring (bicyclic) bond motifs is 1. The Kier molecular flexibility index (Phi) is 7.54. The lowest BCUT2D eigenvalue weighted by Gasteiger charge is -2.08. The fourth-order valence-corrected chi connectivity index (χ4v) is 2.57. The molecule has 2 aromatic heterocycles. The number of carbonyl (C=O) groups excluding carboxylic acids is 1. The van der Waals surface area contributed by atoms with E-state index in [1.54, 1.807) is 25.4 Å². The van der Waals surface area contributed by atoms with E-state index in [2.05, 4.69) is 15.7 Å². The Morgan fingerprint density at radius 1 is 1.22 bits per heavy atom. The van der Waals surface area contributed by atoms with E-state index < -0.39 is 0 Å². The zero-order valence-corrected chi connectivity index (χ0v) is 15.7. The molecule has 0 atom stereocenters. The number of anilines is 1. The van der Waals surface area contributed by atoms with E-state index in [4.69, 9.17) is 4.74 Å². The van der Waals surface area contributed by atoms with Crippen molar-refractivity contribution in [2.75, 3.05) is 32.1 Å². The molecule has 0 spiro atoms. The lowest BCUT2D eigenvalue weighted by atomic mass is 10.2. The van der Waals surface area contributed by atoms with E-state index in [9.17, 15) is 9.59 Å². The Balaban J connectivity index is 0.00000261. The lowest BCUT2D eigenvalue weighted by Crippen LogP contribution is -2.30. The highest BCUT2D eigenvalue weighted by atomic mass is 35.5. The van der Waals surface area contributed by atoms with E-state index in [1.165, 1.54) is 9.08 Å². The van der Waals surface area contributed by atoms with Gasteiger partial charge in [-0.25, -0.2) is 9.48 Å². The van der Waals surface area contributed by atoms with Crippen LogP contribution < -0.4 is 16.3 Å². The molecule has 144 valence electrons. The monoisotopic (exact) mass is 391 g/mol. The van der Waals surface area contributed by atoms with Gasteiger partial charge in [-0.15, -0.1) is 17.5 Å². The predicted octanol–water partition coefficient (Wildman–Crippen LogP) is 1.14. The molecule has 3 aromatic rings. The fourth-order valence-electron chi connectivity index (χ4n) is 2.57. The van der Waals surface area contributed by atoms with Crippen LogP contribution in [0.3, 0.4) is 0 Å². The van der Waals surface area contributed by atoms with Crippen LogP contribution >= 0.6 is 12.4 Å². The van der Waals surface area contributed by atoms with Crippen molar-refractivity contribution in [2.45, 2.75) is 6.54 Å². The van der Waals surface area contributed by atoms with Crippen molar-refractivity contribution in [1.29, 1.82) is 0 Å². The molecule has 8 nitrogen and oxygen atoms in total. The fraction of sp³-hybridized carbons (Fsp3) is 0.278. The van der Waals surface area contributed by atoms with Crippen LogP contribution in [0.1, 0.15) is 5.56 Å². The first-order chi connectivity index (χ1) is 12.7. The Morgan fingerprint density at radius 2 is 2.07 bits per heavy atom. The highest BCUT2D eigenvalue weighted by Gasteiger charge is 2.08. The zero-order valence-electron chi connectivity index (χ0n) is 14.9. The molecule has 0 radical (unpaired) electrons. The number of hydrogen-bond acceptors (Lipinski definition) is 5. The summed E-state index contributed by atoms with van der Waals surface area (Å²) in [6, 6.07) is 12.8. The molecule has 0 saturated heterocycles. The van der Waals surface area contributed by atoms with Crippen molar-refractivity contribution in [1.82, 2.24) is 19.5 Å². The first kappa shape index (κ1) is 20.6. The van der Waals surface area contributed by atoms with Gasteiger partial charge in [-0.2, -0.15) is 0 Å². The van der Waals surface area contributed by atoms with Crippen molar-refractivity contribution in [3.05, 3.63) is 64.7 Å². The van der Waals surface area contributed by atoms with Crippen LogP contribution in [0.5, 0.6) is 0 Å². The number of aromatic nitrogens is 3. The molecular weight excluding hydrogens is 370 g/mol. The maximum Gasteiger partial charge on any atom is 0.350 e. The molecule has 2 heterocycles. The minimum atomic E-state index is -0.197. The van der Waals surface area contributed by atoms with Crippen LogP contribution in [-0.4, -0.2) is 46.9 Å². The Morgan fingerprint density at radius 3 is 2.85 bits per heavy atom. The molecule has 0 saturated carbocycles. The lowest BCUT2D eigenvalue weighted by molar-refractivity contribution is -0.115. The largest absolute Gasteiger partial charge is 0.383 e. The first-order valence-corrected chi connectivity index (χ1v) is 8.30. The van der Waals surface area contributed by atoms with E-state index in [0.717, 1.165) is 5.56 Å². The second-order valence-electron chi connectivity index (χ2n) is 5.79. The topological polar surface area (TPSA) is 89.7 Å². The molecule has 0 aliphatic rings. The molecule has 0 bridgehead atoms. The van der Waals surface area contributed by atoms with Crippen molar-refractivity contribution in [2.24, 2.45) is 0 Å². The van der Waals surface area contributed by atoms with Gasteiger partial charge in [0.15, 0.2) is 5.65 Å². The molecule has 3 rings (SSSR count). The molecule has 9 heteroatoms. The summed E-state index contributed by atoms with van der Waals surface area (Å²) in [7, 11) is 1.61. The third kappa shape index (κ3) is 5.40. The van der Waals surface area contributed by atoms with Gasteiger partial charge in [0.05, 0.1) is 19.7 Å². The summed E-state index contributed by atoms with van der Waals surface area (Å²) in [6.45, 7) is 1.70. The smallest absolute Gasteiger partial charge is 0.350 e. The molecule has 0 unspecified atom stereocenters. The van der Waals surface area contributed by atoms with Crippen molar-refractivity contribution >= 4 is 29.6 Å². The molecule has 1 amide bonds. The molecular formula is C18H22ClN5O3. The van der Waals surface area contributed by atoms with Gasteiger partial charge in [-0.1, -0.05) is 18.2 Å². The number of halogens is 1. The van der Waals surface area contributed by atoms with Gasteiger partial charge < -0.3 is 15.4 Å². The highest BCUT2D eigenvalue weighted by molar-refractivity contribution is 5.92. The third-order valence-corrected chi connectivity index (χ3v) is 3.80. The second-order valence-corrected chi connectivity index (χ2v) is 5.79. The van der Waals surface area contributed by atoms with Crippen molar-refractivity contribution in [3.8, 4) is 0 Å². The Labute approximate surface area is 162 Å². The molecule has 0 fully saturated rings. The summed E-state index contributed by atoms with van der Waals surface area (Å²) in [6.07, 6.45) is 1.69. The van der Waals surface area contributed by atoms with Crippen LogP contribution in [0.4, 0.5) is 5.69 Å². The highest BCUT2D eigenvalue weighted by Crippen LogP contribution is 2.11. The summed E-state index contributed by atoms with van der Waals surface area (Å²) in [5.41, 5.74) is 1.96. The minimum absolute atomic E-state index is 0. The van der Waals surface area contributed by atoms with Gasteiger partial charge >= 0.3 is 5.69 Å². The summed E-state index contributed by atoms with van der Waals surface area (Å²) in [5, 5.41) is 10.1. The van der Waals surface area contributed by atoms with Gasteiger partial charge in [0.2, 0.25) is 5.91 Å². The Bertz CT molecular complexity index is 953. The van der Waals surface area contributed by atoms with Crippen LogP contribution in [0.15, 0.2) is 53.5 Å². The van der Waals surface area contributed by atoms with Gasteiger partial charge in [0.25, 0.3) is 0 Å². The Hall–Kier alpha value is -2.68. The summed E-state index contributed by atoms with van der Waals surface area (Å²) < 4.78 is 7.82. The van der Waals surface area contributed by atoms with Gasteiger partial charge in [0, 0.05) is 25.5 Å². The molecule has 2 N–H and O–H groups in total. The zero-order chi connectivity index (χ0) is 18.4. The van der Waals surface area contributed by atoms with Gasteiger partial charge in [0.1, 0.15) is 0 Å². The standard InChI is InChI=1S/C18H21N5O3.ClH/c1-26-10-8-19-12-17(24)20-15-6-4-5-14(11-15)13-23-18(25)22-9-3-2-7-16(22)21-23;/h2-7,9,11,19H,8,10,12-13H2,1H3,(H,20,24);1H.